The van der Waals surface area contributed by atoms with Crippen molar-refractivity contribution >= 4 is 33.9 Å². The SMILES string of the molecule is ICc1csc(C2OCCO2)c1. The highest BCUT2D eigenvalue weighted by atomic mass is 127. The zero-order valence-corrected chi connectivity index (χ0v) is 9.43. The van der Waals surface area contributed by atoms with Gasteiger partial charge in [-0.15, -0.1) is 11.3 Å². The van der Waals surface area contributed by atoms with Gasteiger partial charge in [0.2, 0.25) is 0 Å². The zero-order chi connectivity index (χ0) is 8.39. The van der Waals surface area contributed by atoms with Crippen molar-refractivity contribution in [1.29, 1.82) is 0 Å². The van der Waals surface area contributed by atoms with E-state index in [1.165, 1.54) is 10.4 Å². The molecule has 0 unspecified atom stereocenters. The van der Waals surface area contributed by atoms with Crippen LogP contribution in [0.4, 0.5) is 0 Å². The summed E-state index contributed by atoms with van der Waals surface area (Å²) < 4.78 is 11.8. The monoisotopic (exact) mass is 296 g/mol. The number of thiophene rings is 1. The summed E-state index contributed by atoms with van der Waals surface area (Å²) in [6.45, 7) is 1.45. The summed E-state index contributed by atoms with van der Waals surface area (Å²) in [6, 6.07) is 2.16. The van der Waals surface area contributed by atoms with Gasteiger partial charge in [0.15, 0.2) is 6.29 Å². The van der Waals surface area contributed by atoms with Gasteiger partial charge in [-0.25, -0.2) is 0 Å². The molecule has 0 aromatic carbocycles. The molecule has 0 bridgehead atoms. The highest BCUT2D eigenvalue weighted by Crippen LogP contribution is 2.29. The molecule has 66 valence electrons. The molecule has 12 heavy (non-hydrogen) atoms. The molecule has 0 radical (unpaired) electrons. The molecule has 0 spiro atoms. The molecule has 0 amide bonds. The minimum Gasteiger partial charge on any atom is -0.345 e. The fourth-order valence-electron chi connectivity index (χ4n) is 1.11. The van der Waals surface area contributed by atoms with Gasteiger partial charge in [0.05, 0.1) is 18.1 Å². The second-order valence-corrected chi connectivity index (χ2v) is 4.27. The van der Waals surface area contributed by atoms with Crippen molar-refractivity contribution in [2.24, 2.45) is 0 Å². The quantitative estimate of drug-likeness (QED) is 0.617. The second-order valence-electron chi connectivity index (χ2n) is 2.56. The predicted molar refractivity (Wildman–Crippen MR) is 56.7 cm³/mol. The Balaban J connectivity index is 2.11. The third kappa shape index (κ3) is 1.81. The van der Waals surface area contributed by atoms with E-state index in [-0.39, 0.29) is 6.29 Å². The molecular weight excluding hydrogens is 287 g/mol. The molecule has 2 rings (SSSR count). The summed E-state index contributed by atoms with van der Waals surface area (Å²) in [4.78, 5) is 1.19. The Morgan fingerprint density at radius 3 is 2.83 bits per heavy atom. The molecule has 1 aliphatic rings. The van der Waals surface area contributed by atoms with Crippen LogP contribution in [-0.4, -0.2) is 13.2 Å². The predicted octanol–water partition coefficient (Wildman–Crippen LogP) is 2.73. The smallest absolute Gasteiger partial charge is 0.193 e. The molecule has 1 aliphatic heterocycles. The standard InChI is InChI=1S/C8H9IO2S/c9-4-6-3-7(12-5-6)8-10-1-2-11-8/h3,5,8H,1-2,4H2. The van der Waals surface area contributed by atoms with Crippen molar-refractivity contribution in [2.45, 2.75) is 10.7 Å². The summed E-state index contributed by atoms with van der Waals surface area (Å²) in [5.74, 6) is 0. The Kier molecular flexibility index (Phi) is 3.00. The Morgan fingerprint density at radius 2 is 2.25 bits per heavy atom. The van der Waals surface area contributed by atoms with Crippen molar-refractivity contribution in [3.63, 3.8) is 0 Å². The molecule has 0 atom stereocenters. The molecule has 2 heterocycles. The first-order valence-corrected chi connectivity index (χ1v) is 6.17. The van der Waals surface area contributed by atoms with Crippen LogP contribution in [0.15, 0.2) is 11.4 Å². The van der Waals surface area contributed by atoms with Gasteiger partial charge in [0.25, 0.3) is 0 Å². The normalized spacial score (nSPS) is 18.8. The number of rotatable bonds is 2. The highest BCUT2D eigenvalue weighted by Gasteiger charge is 2.19. The van der Waals surface area contributed by atoms with Crippen molar-refractivity contribution in [2.75, 3.05) is 13.2 Å². The number of ether oxygens (including phenoxy) is 2. The highest BCUT2D eigenvalue weighted by molar-refractivity contribution is 14.1. The summed E-state index contributed by atoms with van der Waals surface area (Å²) in [7, 11) is 0. The van der Waals surface area contributed by atoms with Crippen LogP contribution < -0.4 is 0 Å². The largest absolute Gasteiger partial charge is 0.345 e. The van der Waals surface area contributed by atoms with Crippen LogP contribution in [-0.2, 0) is 13.9 Å². The molecule has 4 heteroatoms. The van der Waals surface area contributed by atoms with E-state index in [0.717, 1.165) is 17.6 Å². The molecular formula is C8H9IO2S. The minimum absolute atomic E-state index is 0.0910. The van der Waals surface area contributed by atoms with E-state index in [2.05, 4.69) is 34.0 Å². The lowest BCUT2D eigenvalue weighted by molar-refractivity contribution is -0.0413. The Bertz CT molecular complexity index is 255. The first kappa shape index (κ1) is 8.93. The number of hydrogen-bond acceptors (Lipinski definition) is 3. The van der Waals surface area contributed by atoms with Crippen LogP contribution in [0.1, 0.15) is 16.7 Å². The van der Waals surface area contributed by atoms with Crippen LogP contribution in [0.3, 0.4) is 0 Å². The van der Waals surface area contributed by atoms with Crippen LogP contribution in [0, 0.1) is 0 Å². The molecule has 0 saturated carbocycles. The van der Waals surface area contributed by atoms with Crippen LogP contribution in [0.5, 0.6) is 0 Å². The van der Waals surface area contributed by atoms with Crippen molar-refractivity contribution in [3.05, 3.63) is 21.9 Å². The minimum atomic E-state index is -0.0910. The lowest BCUT2D eigenvalue weighted by Gasteiger charge is -2.04. The van der Waals surface area contributed by atoms with Gasteiger partial charge in [-0.3, -0.25) is 0 Å². The number of hydrogen-bond donors (Lipinski definition) is 0. The van der Waals surface area contributed by atoms with E-state index in [4.69, 9.17) is 9.47 Å². The summed E-state index contributed by atoms with van der Waals surface area (Å²) >= 11 is 4.07. The zero-order valence-electron chi connectivity index (χ0n) is 6.46. The van der Waals surface area contributed by atoms with Gasteiger partial charge in [0.1, 0.15) is 0 Å². The molecule has 0 aliphatic carbocycles. The van der Waals surface area contributed by atoms with Gasteiger partial charge in [-0.1, -0.05) is 22.6 Å². The fourth-order valence-corrected chi connectivity index (χ4v) is 2.76. The van der Waals surface area contributed by atoms with Gasteiger partial charge in [-0.05, 0) is 17.0 Å². The lowest BCUT2D eigenvalue weighted by Crippen LogP contribution is -1.93. The molecule has 2 nitrogen and oxygen atoms in total. The second kappa shape index (κ2) is 4.04. The fraction of sp³-hybridized carbons (Fsp3) is 0.500. The van der Waals surface area contributed by atoms with Crippen LogP contribution in [0.2, 0.25) is 0 Å². The summed E-state index contributed by atoms with van der Waals surface area (Å²) in [5.41, 5.74) is 1.36. The topological polar surface area (TPSA) is 18.5 Å². The molecule has 0 N–H and O–H groups in total. The van der Waals surface area contributed by atoms with Gasteiger partial charge in [0, 0.05) is 4.43 Å². The molecule has 1 saturated heterocycles. The first-order chi connectivity index (χ1) is 5.90. The van der Waals surface area contributed by atoms with E-state index in [9.17, 15) is 0 Å². The van der Waals surface area contributed by atoms with Crippen molar-refractivity contribution in [1.82, 2.24) is 0 Å². The Labute approximate surface area is 89.0 Å². The van der Waals surface area contributed by atoms with E-state index in [1.54, 1.807) is 11.3 Å². The van der Waals surface area contributed by atoms with E-state index < -0.39 is 0 Å². The van der Waals surface area contributed by atoms with E-state index in [1.807, 2.05) is 0 Å². The van der Waals surface area contributed by atoms with Crippen LogP contribution >= 0.6 is 33.9 Å². The average molecular weight is 296 g/mol. The maximum Gasteiger partial charge on any atom is 0.193 e. The maximum atomic E-state index is 5.38. The van der Waals surface area contributed by atoms with Crippen LogP contribution in [0.25, 0.3) is 0 Å². The number of halogens is 1. The summed E-state index contributed by atoms with van der Waals surface area (Å²) in [6.07, 6.45) is -0.0910. The average Bonchev–Trinajstić information content (AvgIpc) is 2.75. The molecule has 1 aromatic rings. The maximum absolute atomic E-state index is 5.38. The van der Waals surface area contributed by atoms with Gasteiger partial charge in [-0.2, -0.15) is 0 Å². The first-order valence-electron chi connectivity index (χ1n) is 3.76. The van der Waals surface area contributed by atoms with Gasteiger partial charge < -0.3 is 9.47 Å². The third-order valence-electron chi connectivity index (χ3n) is 1.68. The molecule has 1 aromatic heterocycles. The Morgan fingerprint density at radius 1 is 1.50 bits per heavy atom. The van der Waals surface area contributed by atoms with Crippen molar-refractivity contribution < 1.29 is 9.47 Å². The lowest BCUT2D eigenvalue weighted by atomic mass is 10.3. The summed E-state index contributed by atoms with van der Waals surface area (Å²) in [5, 5.41) is 2.16. The van der Waals surface area contributed by atoms with E-state index >= 15 is 0 Å². The third-order valence-corrected chi connectivity index (χ3v) is 3.57. The van der Waals surface area contributed by atoms with Crippen molar-refractivity contribution in [3.8, 4) is 0 Å². The van der Waals surface area contributed by atoms with E-state index in [0.29, 0.717) is 0 Å². The Hall–Kier alpha value is 0.350. The number of alkyl halides is 1. The molecule has 1 fully saturated rings. The van der Waals surface area contributed by atoms with Gasteiger partial charge >= 0.3 is 0 Å².